The van der Waals surface area contributed by atoms with Crippen molar-refractivity contribution in [3.05, 3.63) is 66.5 Å². The number of rotatable bonds is 1. The molecule has 1 atom stereocenters. The molecule has 0 amide bonds. The zero-order valence-corrected chi connectivity index (χ0v) is 14.2. The van der Waals surface area contributed by atoms with Crippen LogP contribution in [-0.4, -0.2) is 18.0 Å². The van der Waals surface area contributed by atoms with Crippen molar-refractivity contribution in [3.63, 3.8) is 0 Å². The summed E-state index contributed by atoms with van der Waals surface area (Å²) < 4.78 is 29.4. The Morgan fingerprint density at radius 2 is 1.80 bits per heavy atom. The Kier molecular flexibility index (Phi) is 2.33. The van der Waals surface area contributed by atoms with Gasteiger partial charge < -0.3 is 14.2 Å². The number of fused-ring (bicyclic) bond motifs is 4. The predicted molar refractivity (Wildman–Crippen MR) is 105 cm³/mol. The summed E-state index contributed by atoms with van der Waals surface area (Å²) in [7, 11) is 0. The lowest BCUT2D eigenvalue weighted by atomic mass is 10.0. The molecule has 0 fully saturated rings. The average Bonchev–Trinajstić information content (AvgIpc) is 3.21. The van der Waals surface area contributed by atoms with Crippen molar-refractivity contribution in [1.82, 2.24) is 4.90 Å². The lowest BCUT2D eigenvalue weighted by molar-refractivity contribution is 0.383. The third kappa shape index (κ3) is 1.99. The molecule has 2 heterocycles. The van der Waals surface area contributed by atoms with Gasteiger partial charge in [-0.1, -0.05) is 24.3 Å². The van der Waals surface area contributed by atoms with Crippen LogP contribution in [0.1, 0.15) is 16.6 Å². The van der Waals surface area contributed by atoms with E-state index in [-0.39, 0.29) is 6.17 Å². The summed E-state index contributed by atoms with van der Waals surface area (Å²) >= 11 is 0. The number of anilines is 1. The molecule has 0 spiro atoms. The van der Waals surface area contributed by atoms with E-state index in [0.717, 1.165) is 38.6 Å². The molecular formula is C22H20N2O. The van der Waals surface area contributed by atoms with E-state index in [0.29, 0.717) is 0 Å². The van der Waals surface area contributed by atoms with Crippen LogP contribution in [0.4, 0.5) is 5.69 Å². The Morgan fingerprint density at radius 3 is 2.56 bits per heavy atom. The predicted octanol–water partition coefficient (Wildman–Crippen LogP) is 5.62. The van der Waals surface area contributed by atoms with E-state index < -0.39 is 6.98 Å². The first-order valence-electron chi connectivity index (χ1n) is 9.94. The van der Waals surface area contributed by atoms with Gasteiger partial charge in [-0.05, 0) is 48.9 Å². The second kappa shape index (κ2) is 5.03. The van der Waals surface area contributed by atoms with Gasteiger partial charge in [-0.25, -0.2) is 0 Å². The van der Waals surface area contributed by atoms with Crippen molar-refractivity contribution < 1.29 is 8.53 Å². The molecule has 0 radical (unpaired) electrons. The molecule has 3 nitrogen and oxygen atoms in total. The fourth-order valence-corrected chi connectivity index (χ4v) is 3.74. The number of nitrogens with zero attached hydrogens (tertiary/aromatic N) is 2. The highest BCUT2D eigenvalue weighted by molar-refractivity contribution is 6.11. The van der Waals surface area contributed by atoms with Gasteiger partial charge in [0.05, 0.1) is 0 Å². The smallest absolute Gasteiger partial charge is 0.140 e. The normalized spacial score (nSPS) is 19.8. The minimum Gasteiger partial charge on any atom is -0.456 e. The van der Waals surface area contributed by atoms with Crippen molar-refractivity contribution >= 4 is 38.4 Å². The molecule has 0 unspecified atom stereocenters. The Balaban J connectivity index is 1.66. The molecule has 0 saturated heterocycles. The molecule has 25 heavy (non-hydrogen) atoms. The fraction of sp³-hybridized carbons (Fsp3) is 0.182. The maximum Gasteiger partial charge on any atom is 0.140 e. The number of furan rings is 1. The lowest BCUT2D eigenvalue weighted by Crippen LogP contribution is -2.33. The Bertz CT molecular complexity index is 1260. The molecule has 0 bridgehead atoms. The van der Waals surface area contributed by atoms with Crippen LogP contribution in [-0.2, 0) is 0 Å². The van der Waals surface area contributed by atoms with E-state index in [1.54, 1.807) is 6.20 Å². The number of benzene rings is 3. The van der Waals surface area contributed by atoms with E-state index in [2.05, 4.69) is 30.3 Å². The summed E-state index contributed by atoms with van der Waals surface area (Å²) in [5.41, 5.74) is 3.66. The van der Waals surface area contributed by atoms with Gasteiger partial charge in [0.1, 0.15) is 17.3 Å². The lowest BCUT2D eigenvalue weighted by Gasteiger charge is -2.28. The van der Waals surface area contributed by atoms with Gasteiger partial charge in [-0.2, -0.15) is 0 Å². The first kappa shape index (κ1) is 11.6. The molecule has 1 aromatic heterocycles. The van der Waals surface area contributed by atoms with Gasteiger partial charge in [0, 0.05) is 45.5 Å². The van der Waals surface area contributed by atoms with Gasteiger partial charge in [-0.15, -0.1) is 0 Å². The highest BCUT2D eigenvalue weighted by Crippen LogP contribution is 2.38. The molecular weight excluding hydrogens is 308 g/mol. The van der Waals surface area contributed by atoms with Gasteiger partial charge in [0.25, 0.3) is 0 Å². The van der Waals surface area contributed by atoms with Crippen molar-refractivity contribution in [2.24, 2.45) is 0 Å². The van der Waals surface area contributed by atoms with E-state index >= 15 is 0 Å². The summed E-state index contributed by atoms with van der Waals surface area (Å²) in [6, 6.07) is 16.6. The van der Waals surface area contributed by atoms with Crippen LogP contribution in [0.5, 0.6) is 0 Å². The van der Waals surface area contributed by atoms with E-state index in [1.807, 2.05) is 43.1 Å². The van der Waals surface area contributed by atoms with Crippen molar-refractivity contribution in [3.8, 4) is 0 Å². The zero-order chi connectivity index (χ0) is 19.6. The number of aryl methyl sites for hydroxylation is 1. The molecule has 3 aromatic carbocycles. The Hall–Kier alpha value is -2.94. The van der Waals surface area contributed by atoms with Crippen LogP contribution in [0.3, 0.4) is 0 Å². The molecule has 0 N–H and O–H groups in total. The quantitative estimate of drug-likeness (QED) is 0.451. The summed E-state index contributed by atoms with van der Waals surface area (Å²) in [5.74, 6) is 0. The first-order valence-corrected chi connectivity index (χ1v) is 8.44. The van der Waals surface area contributed by atoms with Gasteiger partial charge in [0.2, 0.25) is 0 Å². The summed E-state index contributed by atoms with van der Waals surface area (Å²) in [6.07, 6.45) is 3.16. The average molecular weight is 331 g/mol. The minimum atomic E-state index is -2.16. The summed E-state index contributed by atoms with van der Waals surface area (Å²) in [6.45, 7) is 1.75. The standard InChI is InChI=1S/C22H20N2O/c1-14-20(24-11-10-23(3)15(24)2)9-8-18-19-12-16-6-4-5-7-17(16)13-21(19)25-22(14)18/h4-13,15H,1-3H3/t15-/m0/s1/i3D3. The van der Waals surface area contributed by atoms with Gasteiger partial charge in [0.15, 0.2) is 0 Å². The molecule has 3 heteroatoms. The summed E-state index contributed by atoms with van der Waals surface area (Å²) in [4.78, 5) is 3.37. The van der Waals surface area contributed by atoms with Crippen molar-refractivity contribution in [1.29, 1.82) is 0 Å². The van der Waals surface area contributed by atoms with Crippen LogP contribution in [0.25, 0.3) is 32.7 Å². The highest BCUT2D eigenvalue weighted by Gasteiger charge is 2.23. The number of hydrogen-bond acceptors (Lipinski definition) is 3. The van der Waals surface area contributed by atoms with Crippen LogP contribution in [0.15, 0.2) is 65.3 Å². The largest absolute Gasteiger partial charge is 0.456 e. The Labute approximate surface area is 150 Å². The molecule has 0 saturated carbocycles. The molecule has 1 aliphatic heterocycles. The molecule has 124 valence electrons. The van der Waals surface area contributed by atoms with E-state index in [4.69, 9.17) is 8.53 Å². The fourth-order valence-electron chi connectivity index (χ4n) is 3.74. The molecule has 5 rings (SSSR count). The highest BCUT2D eigenvalue weighted by atomic mass is 16.3. The van der Waals surface area contributed by atoms with Gasteiger partial charge >= 0.3 is 0 Å². The third-order valence-corrected chi connectivity index (χ3v) is 5.20. The maximum absolute atomic E-state index is 7.70. The SMILES string of the molecule is [2H]C([2H])([2H])N1C=CN(c2ccc3c(oc4cc5ccccc5cc43)c2C)[C@H]1C. The summed E-state index contributed by atoms with van der Waals surface area (Å²) in [5, 5.41) is 4.50. The Morgan fingerprint density at radius 1 is 1.00 bits per heavy atom. The second-order valence-electron chi connectivity index (χ2n) is 6.63. The second-order valence-corrected chi connectivity index (χ2v) is 6.63. The van der Waals surface area contributed by atoms with E-state index in [1.165, 1.54) is 10.3 Å². The van der Waals surface area contributed by atoms with Crippen LogP contribution in [0.2, 0.25) is 0 Å². The van der Waals surface area contributed by atoms with Crippen LogP contribution >= 0.6 is 0 Å². The van der Waals surface area contributed by atoms with Crippen LogP contribution in [0, 0.1) is 6.92 Å². The zero-order valence-electron chi connectivity index (χ0n) is 17.2. The number of hydrogen-bond donors (Lipinski definition) is 0. The molecule has 1 aliphatic rings. The van der Waals surface area contributed by atoms with E-state index in [9.17, 15) is 0 Å². The third-order valence-electron chi connectivity index (χ3n) is 5.20. The van der Waals surface area contributed by atoms with Gasteiger partial charge in [-0.3, -0.25) is 0 Å². The minimum absolute atomic E-state index is 0.296. The molecule has 4 aromatic rings. The maximum atomic E-state index is 7.70. The first-order chi connectivity index (χ1) is 13.3. The monoisotopic (exact) mass is 331 g/mol. The van der Waals surface area contributed by atoms with Crippen LogP contribution < -0.4 is 4.90 Å². The molecule has 0 aliphatic carbocycles. The van der Waals surface area contributed by atoms with Crippen molar-refractivity contribution in [2.75, 3.05) is 11.9 Å². The topological polar surface area (TPSA) is 19.6 Å². The van der Waals surface area contributed by atoms with Crippen molar-refractivity contribution in [2.45, 2.75) is 20.0 Å².